The van der Waals surface area contributed by atoms with Crippen LogP contribution in [0, 0.1) is 13.8 Å². The lowest BCUT2D eigenvalue weighted by Gasteiger charge is -2.26. The Balaban J connectivity index is 1.83. The minimum absolute atomic E-state index is 0.0323. The molecule has 2 saturated heterocycles. The van der Waals surface area contributed by atoms with E-state index in [4.69, 9.17) is 0 Å². The SMILES string of the molecule is Cc1nc(C)c(CN2C(=O)C3CCCCN3C2=O)s1. The third kappa shape index (κ3) is 2.04. The Morgan fingerprint density at radius 1 is 1.32 bits per heavy atom. The summed E-state index contributed by atoms with van der Waals surface area (Å²) in [5.74, 6) is -0.0323. The molecule has 2 aliphatic heterocycles. The highest BCUT2D eigenvalue weighted by atomic mass is 32.1. The molecule has 1 unspecified atom stereocenters. The summed E-state index contributed by atoms with van der Waals surface area (Å²) >= 11 is 1.56. The Morgan fingerprint density at radius 2 is 2.11 bits per heavy atom. The Hall–Kier alpha value is -1.43. The van der Waals surface area contributed by atoms with E-state index in [-0.39, 0.29) is 18.0 Å². The van der Waals surface area contributed by atoms with Gasteiger partial charge in [-0.2, -0.15) is 0 Å². The second-order valence-corrected chi connectivity index (χ2v) is 6.44. The fourth-order valence-corrected chi connectivity index (χ4v) is 3.78. The molecule has 1 aromatic heterocycles. The fourth-order valence-electron chi connectivity index (χ4n) is 2.86. The zero-order valence-corrected chi connectivity index (χ0v) is 12.0. The highest BCUT2D eigenvalue weighted by Gasteiger charge is 2.45. The van der Waals surface area contributed by atoms with Crippen molar-refractivity contribution in [3.8, 4) is 0 Å². The van der Waals surface area contributed by atoms with Gasteiger partial charge in [-0.1, -0.05) is 0 Å². The standard InChI is InChI=1S/C13H17N3O2S/c1-8-11(19-9(2)14-8)7-16-12(17)10-5-3-4-6-15(10)13(16)18/h10H,3-7H2,1-2H3. The van der Waals surface area contributed by atoms with Gasteiger partial charge in [-0.15, -0.1) is 11.3 Å². The molecule has 0 radical (unpaired) electrons. The topological polar surface area (TPSA) is 53.5 Å². The van der Waals surface area contributed by atoms with Crippen LogP contribution >= 0.6 is 11.3 Å². The van der Waals surface area contributed by atoms with E-state index >= 15 is 0 Å². The third-order valence-corrected chi connectivity index (χ3v) is 4.89. The van der Waals surface area contributed by atoms with E-state index in [9.17, 15) is 9.59 Å². The maximum absolute atomic E-state index is 12.3. The predicted octanol–water partition coefficient (Wildman–Crippen LogP) is 2.08. The van der Waals surface area contributed by atoms with Gasteiger partial charge in [0, 0.05) is 11.4 Å². The van der Waals surface area contributed by atoms with Crippen LogP contribution in [0.3, 0.4) is 0 Å². The molecule has 6 heteroatoms. The fraction of sp³-hybridized carbons (Fsp3) is 0.615. The lowest BCUT2D eigenvalue weighted by atomic mass is 10.0. The van der Waals surface area contributed by atoms with Crippen molar-refractivity contribution in [2.45, 2.75) is 45.7 Å². The molecular formula is C13H17N3O2S. The number of hydrogen-bond acceptors (Lipinski definition) is 4. The van der Waals surface area contributed by atoms with Gasteiger partial charge in [0.25, 0.3) is 5.91 Å². The molecule has 5 nitrogen and oxygen atoms in total. The molecule has 2 aliphatic rings. The van der Waals surface area contributed by atoms with Gasteiger partial charge in [0.1, 0.15) is 6.04 Å². The summed E-state index contributed by atoms with van der Waals surface area (Å²) in [7, 11) is 0. The minimum atomic E-state index is -0.212. The number of nitrogens with zero attached hydrogens (tertiary/aromatic N) is 3. The Kier molecular flexibility index (Phi) is 3.05. The highest BCUT2D eigenvalue weighted by Crippen LogP contribution is 2.29. The van der Waals surface area contributed by atoms with Crippen LogP contribution in [-0.4, -0.2) is 39.3 Å². The molecule has 19 heavy (non-hydrogen) atoms. The summed E-state index contributed by atoms with van der Waals surface area (Å²) in [5.41, 5.74) is 0.924. The van der Waals surface area contributed by atoms with Crippen molar-refractivity contribution < 1.29 is 9.59 Å². The number of hydrogen-bond donors (Lipinski definition) is 0. The average Bonchev–Trinajstić information content (AvgIpc) is 2.83. The first-order valence-electron chi connectivity index (χ1n) is 6.63. The summed E-state index contributed by atoms with van der Waals surface area (Å²) in [4.78, 5) is 33.1. The van der Waals surface area contributed by atoms with E-state index in [0.717, 1.165) is 34.8 Å². The largest absolute Gasteiger partial charge is 0.327 e. The maximum Gasteiger partial charge on any atom is 0.327 e. The molecule has 3 rings (SSSR count). The number of carbonyl (C=O) groups excluding carboxylic acids is 2. The van der Waals surface area contributed by atoms with Crippen molar-refractivity contribution in [1.82, 2.24) is 14.8 Å². The molecule has 1 aromatic rings. The van der Waals surface area contributed by atoms with E-state index in [1.165, 1.54) is 4.90 Å². The van der Waals surface area contributed by atoms with Crippen LogP contribution in [0.2, 0.25) is 0 Å². The van der Waals surface area contributed by atoms with E-state index < -0.39 is 0 Å². The van der Waals surface area contributed by atoms with Gasteiger partial charge in [0.05, 0.1) is 17.2 Å². The summed E-state index contributed by atoms with van der Waals surface area (Å²) < 4.78 is 0. The zero-order chi connectivity index (χ0) is 13.6. The Morgan fingerprint density at radius 3 is 2.74 bits per heavy atom. The Bertz CT molecular complexity index is 516. The van der Waals surface area contributed by atoms with E-state index in [1.54, 1.807) is 16.2 Å². The van der Waals surface area contributed by atoms with Gasteiger partial charge in [0.2, 0.25) is 0 Å². The van der Waals surface area contributed by atoms with Crippen molar-refractivity contribution >= 4 is 23.3 Å². The second-order valence-electron chi connectivity index (χ2n) is 5.15. The number of urea groups is 1. The van der Waals surface area contributed by atoms with Crippen LogP contribution in [0.5, 0.6) is 0 Å². The zero-order valence-electron chi connectivity index (χ0n) is 11.2. The molecule has 2 fully saturated rings. The molecule has 0 aliphatic carbocycles. The number of carbonyl (C=O) groups is 2. The molecule has 1 atom stereocenters. The molecule has 0 bridgehead atoms. The van der Waals surface area contributed by atoms with E-state index in [1.807, 2.05) is 13.8 Å². The van der Waals surface area contributed by atoms with Crippen LogP contribution < -0.4 is 0 Å². The lowest BCUT2D eigenvalue weighted by Crippen LogP contribution is -2.38. The van der Waals surface area contributed by atoms with Crippen LogP contribution in [0.1, 0.15) is 34.8 Å². The van der Waals surface area contributed by atoms with E-state index in [2.05, 4.69) is 4.98 Å². The van der Waals surface area contributed by atoms with Crippen LogP contribution in [0.4, 0.5) is 4.79 Å². The third-order valence-electron chi connectivity index (χ3n) is 3.83. The van der Waals surface area contributed by atoms with Gasteiger partial charge in [-0.05, 0) is 33.1 Å². The van der Waals surface area contributed by atoms with Crippen molar-refractivity contribution in [2.75, 3.05) is 6.54 Å². The Labute approximate surface area is 116 Å². The van der Waals surface area contributed by atoms with Crippen molar-refractivity contribution in [3.63, 3.8) is 0 Å². The van der Waals surface area contributed by atoms with Crippen molar-refractivity contribution in [1.29, 1.82) is 0 Å². The van der Waals surface area contributed by atoms with Gasteiger partial charge in [-0.3, -0.25) is 9.69 Å². The van der Waals surface area contributed by atoms with Gasteiger partial charge in [-0.25, -0.2) is 9.78 Å². The summed E-state index contributed by atoms with van der Waals surface area (Å²) in [5, 5.41) is 0.976. The maximum atomic E-state index is 12.3. The number of thiazole rings is 1. The molecule has 3 amide bonds. The number of piperidine rings is 1. The molecule has 0 spiro atoms. The molecule has 0 N–H and O–H groups in total. The first kappa shape index (κ1) is 12.6. The lowest BCUT2D eigenvalue weighted by molar-refractivity contribution is -0.129. The molecule has 0 saturated carbocycles. The quantitative estimate of drug-likeness (QED) is 0.779. The van der Waals surface area contributed by atoms with Crippen LogP contribution in [0.15, 0.2) is 0 Å². The first-order valence-corrected chi connectivity index (χ1v) is 7.44. The monoisotopic (exact) mass is 279 g/mol. The van der Waals surface area contributed by atoms with Crippen LogP contribution in [-0.2, 0) is 11.3 Å². The average molecular weight is 279 g/mol. The smallest absolute Gasteiger partial charge is 0.312 e. The number of fused-ring (bicyclic) bond motifs is 1. The van der Waals surface area contributed by atoms with Gasteiger partial charge in [0.15, 0.2) is 0 Å². The highest BCUT2D eigenvalue weighted by molar-refractivity contribution is 7.11. The molecule has 102 valence electrons. The predicted molar refractivity (Wildman–Crippen MR) is 71.9 cm³/mol. The summed E-state index contributed by atoms with van der Waals surface area (Å²) in [6, 6.07) is -0.337. The van der Waals surface area contributed by atoms with Crippen molar-refractivity contribution in [2.24, 2.45) is 0 Å². The van der Waals surface area contributed by atoms with Gasteiger partial charge >= 0.3 is 6.03 Å². The van der Waals surface area contributed by atoms with Crippen LogP contribution in [0.25, 0.3) is 0 Å². The number of imide groups is 1. The number of aromatic nitrogens is 1. The number of amides is 3. The number of aryl methyl sites for hydroxylation is 2. The van der Waals surface area contributed by atoms with E-state index in [0.29, 0.717) is 13.1 Å². The molecular weight excluding hydrogens is 262 g/mol. The molecule has 0 aromatic carbocycles. The second kappa shape index (κ2) is 4.59. The first-order chi connectivity index (χ1) is 9.08. The molecule has 3 heterocycles. The summed E-state index contributed by atoms with van der Waals surface area (Å²) in [6.45, 7) is 4.96. The van der Waals surface area contributed by atoms with Gasteiger partial charge < -0.3 is 4.90 Å². The van der Waals surface area contributed by atoms with Crippen molar-refractivity contribution in [3.05, 3.63) is 15.6 Å². The number of rotatable bonds is 2. The normalized spacial score (nSPS) is 23.2. The minimum Gasteiger partial charge on any atom is -0.312 e. The summed E-state index contributed by atoms with van der Waals surface area (Å²) in [6.07, 6.45) is 2.84.